The quantitative estimate of drug-likeness (QED) is 0.169. The van der Waals surface area contributed by atoms with E-state index in [0.29, 0.717) is 57.6 Å². The molecule has 0 spiro atoms. The number of ether oxygens (including phenoxy) is 6. The van der Waals surface area contributed by atoms with E-state index in [-0.39, 0.29) is 16.9 Å². The average Bonchev–Trinajstić information content (AvgIpc) is 3.18. The van der Waals surface area contributed by atoms with Crippen LogP contribution < -0.4 is 15.0 Å². The number of benzene rings is 3. The molecule has 6 rings (SSSR count). The Morgan fingerprint density at radius 2 is 1.70 bits per heavy atom. The zero-order valence-electron chi connectivity index (χ0n) is 32.4. The zero-order valence-corrected chi connectivity index (χ0v) is 33.2. The van der Waals surface area contributed by atoms with Crippen LogP contribution in [0.3, 0.4) is 0 Å². The van der Waals surface area contributed by atoms with Crippen LogP contribution in [0.2, 0.25) is 0 Å². The summed E-state index contributed by atoms with van der Waals surface area (Å²) >= 11 is 0. The van der Waals surface area contributed by atoms with Crippen LogP contribution in [-0.4, -0.2) is 119 Å². The highest BCUT2D eigenvalue weighted by Crippen LogP contribution is 2.41. The molecule has 3 aliphatic heterocycles. The second-order valence-electron chi connectivity index (χ2n) is 15.0. The van der Waals surface area contributed by atoms with Gasteiger partial charge in [-0.05, 0) is 60.7 Å². The van der Waals surface area contributed by atoms with E-state index in [1.807, 2.05) is 37.3 Å². The van der Waals surface area contributed by atoms with Gasteiger partial charge in [0.25, 0.3) is 0 Å². The highest BCUT2D eigenvalue weighted by atomic mass is 32.2. The fraction of sp³-hybridized carbons (Fsp3) is 0.571. The summed E-state index contributed by atoms with van der Waals surface area (Å²) in [6.07, 6.45) is 1.23. The summed E-state index contributed by atoms with van der Waals surface area (Å²) in [5, 5.41) is 3.74. The summed E-state index contributed by atoms with van der Waals surface area (Å²) < 4.78 is 64.7. The van der Waals surface area contributed by atoms with Crippen molar-refractivity contribution in [2.24, 2.45) is 5.92 Å². The van der Waals surface area contributed by atoms with E-state index < -0.39 is 21.4 Å². The maximum atomic E-state index is 14.7. The highest BCUT2D eigenvalue weighted by molar-refractivity contribution is 7.91. The number of piperidine rings is 1. The van der Waals surface area contributed by atoms with Crippen molar-refractivity contribution < 1.29 is 36.8 Å². The minimum Gasteiger partial charge on any atom is -0.490 e. The van der Waals surface area contributed by atoms with Crippen molar-refractivity contribution in [3.05, 3.63) is 89.0 Å². The number of hydrogen-bond acceptors (Lipinski definition) is 11. The smallest absolute Gasteiger partial charge is 0.209 e. The first-order valence-electron chi connectivity index (χ1n) is 19.4. The molecule has 5 atom stereocenters. The number of aryl methyl sites for hydroxylation is 1. The van der Waals surface area contributed by atoms with E-state index in [0.717, 1.165) is 80.4 Å². The molecule has 2 saturated heterocycles. The minimum atomic E-state index is -3.98. The Labute approximate surface area is 322 Å². The Morgan fingerprint density at radius 1 is 0.926 bits per heavy atom. The Balaban J connectivity index is 1.30. The number of methoxy groups -OCH3 is 2. The third kappa shape index (κ3) is 10.6. The maximum Gasteiger partial charge on any atom is 0.209 e. The molecule has 0 saturated carbocycles. The van der Waals surface area contributed by atoms with Crippen LogP contribution in [0.5, 0.6) is 5.75 Å². The largest absolute Gasteiger partial charge is 0.490 e. The second-order valence-corrected chi connectivity index (χ2v) is 16.9. The molecule has 54 heavy (non-hydrogen) atoms. The summed E-state index contributed by atoms with van der Waals surface area (Å²) in [7, 11) is -0.570. The van der Waals surface area contributed by atoms with Gasteiger partial charge in [-0.15, -0.1) is 0 Å². The SMILES string of the molecule is COCCCN1CCOc2ccc(C(O[C@H]3CN[C@@H](CN4CCOCC4)C[C@@H]3c3ccc(COC[C@@H](C)COC)cc3)S(=O)(=O)c3ccc(C)cc3)cc21. The summed E-state index contributed by atoms with van der Waals surface area (Å²) in [6.45, 7) is 13.3. The van der Waals surface area contributed by atoms with Crippen LogP contribution in [0.15, 0.2) is 71.6 Å². The molecule has 3 aromatic carbocycles. The van der Waals surface area contributed by atoms with Crippen molar-refractivity contribution in [1.82, 2.24) is 10.2 Å². The standard InChI is InChI=1S/C42H59N3O8S/c1-31-6-13-37(14-7-31)54(46,47)42(35-12-15-40-39(24-35)45(19-23-52-40)16-5-20-48-3)53-41-26-43-36(27-44-17-21-50-22-18-44)25-38(41)34-10-8-33(9-11-34)30-51-29-32(2)28-49-4/h6-15,24,32,36,38,41-43H,5,16-23,25-30H2,1-4H3/t32-,36+,38+,41-,42?/m0/s1. The Hall–Kier alpha value is -3.07. The lowest BCUT2D eigenvalue weighted by molar-refractivity contribution is -0.0138. The molecule has 11 nitrogen and oxygen atoms in total. The lowest BCUT2D eigenvalue weighted by Crippen LogP contribution is -2.53. The Kier molecular flexibility index (Phi) is 14.8. The fourth-order valence-electron chi connectivity index (χ4n) is 7.68. The third-order valence-corrected chi connectivity index (χ3v) is 12.5. The van der Waals surface area contributed by atoms with Gasteiger partial charge < -0.3 is 38.6 Å². The van der Waals surface area contributed by atoms with Crippen molar-refractivity contribution in [3.63, 3.8) is 0 Å². The normalized spacial score (nSPS) is 22.0. The Bertz CT molecular complexity index is 1700. The number of morpholine rings is 1. The van der Waals surface area contributed by atoms with Gasteiger partial charge in [-0.1, -0.05) is 55.0 Å². The van der Waals surface area contributed by atoms with Crippen molar-refractivity contribution in [2.75, 3.05) is 98.0 Å². The van der Waals surface area contributed by atoms with E-state index in [9.17, 15) is 8.42 Å². The van der Waals surface area contributed by atoms with Crippen LogP contribution in [-0.2, 0) is 40.1 Å². The molecular weight excluding hydrogens is 707 g/mol. The Morgan fingerprint density at radius 3 is 2.44 bits per heavy atom. The predicted octanol–water partition coefficient (Wildman–Crippen LogP) is 5.37. The number of nitrogens with zero attached hydrogens (tertiary/aromatic N) is 2. The first-order valence-corrected chi connectivity index (χ1v) is 21.0. The molecule has 3 heterocycles. The van der Waals surface area contributed by atoms with Crippen LogP contribution in [0.4, 0.5) is 5.69 Å². The first kappa shape index (κ1) is 40.6. The molecule has 0 aliphatic carbocycles. The lowest BCUT2D eigenvalue weighted by atomic mass is 9.83. The van der Waals surface area contributed by atoms with Crippen LogP contribution >= 0.6 is 0 Å². The zero-order chi connectivity index (χ0) is 37.9. The average molecular weight is 766 g/mol. The number of rotatable bonds is 18. The molecule has 0 bridgehead atoms. The van der Waals surface area contributed by atoms with Crippen LogP contribution in [0.1, 0.15) is 53.4 Å². The van der Waals surface area contributed by atoms with Gasteiger partial charge in [0.05, 0.1) is 56.3 Å². The first-order chi connectivity index (χ1) is 26.2. The van der Waals surface area contributed by atoms with Crippen molar-refractivity contribution in [3.8, 4) is 5.75 Å². The molecule has 0 radical (unpaired) electrons. The van der Waals surface area contributed by atoms with Gasteiger partial charge in [0.1, 0.15) is 12.4 Å². The van der Waals surface area contributed by atoms with Gasteiger partial charge >= 0.3 is 0 Å². The molecule has 3 aromatic rings. The van der Waals surface area contributed by atoms with E-state index >= 15 is 0 Å². The molecule has 0 aromatic heterocycles. The second kappa shape index (κ2) is 19.7. The lowest BCUT2D eigenvalue weighted by Gasteiger charge is -2.41. The third-order valence-electron chi connectivity index (χ3n) is 10.6. The topological polar surface area (TPSA) is 108 Å². The molecular formula is C42H59N3O8S. The van der Waals surface area contributed by atoms with Gasteiger partial charge in [0.15, 0.2) is 5.44 Å². The number of fused-ring (bicyclic) bond motifs is 1. The van der Waals surface area contributed by atoms with Crippen molar-refractivity contribution in [1.29, 1.82) is 0 Å². The van der Waals surface area contributed by atoms with Gasteiger partial charge in [-0.2, -0.15) is 0 Å². The fourth-order valence-corrected chi connectivity index (χ4v) is 9.23. The summed E-state index contributed by atoms with van der Waals surface area (Å²) in [6, 6.07) is 21.5. The van der Waals surface area contributed by atoms with Crippen molar-refractivity contribution >= 4 is 15.5 Å². The molecule has 12 heteroatoms. The predicted molar refractivity (Wildman–Crippen MR) is 210 cm³/mol. The van der Waals surface area contributed by atoms with Crippen LogP contribution in [0.25, 0.3) is 0 Å². The van der Waals surface area contributed by atoms with Gasteiger partial charge in [0, 0.05) is 71.4 Å². The molecule has 1 N–H and O–H groups in total. The number of anilines is 1. The van der Waals surface area contributed by atoms with Crippen molar-refractivity contribution in [2.45, 2.75) is 61.7 Å². The number of nitrogens with one attached hydrogen (secondary N) is 1. The molecule has 1 unspecified atom stereocenters. The summed E-state index contributed by atoms with van der Waals surface area (Å²) in [5.41, 5.74) is 3.43. The molecule has 2 fully saturated rings. The monoisotopic (exact) mass is 765 g/mol. The van der Waals surface area contributed by atoms with Crippen LogP contribution in [0, 0.1) is 12.8 Å². The van der Waals surface area contributed by atoms with E-state index in [2.05, 4.69) is 46.3 Å². The molecule has 3 aliphatic rings. The van der Waals surface area contributed by atoms with E-state index in [1.54, 1.807) is 26.4 Å². The molecule has 296 valence electrons. The number of sulfone groups is 1. The van der Waals surface area contributed by atoms with E-state index in [1.165, 1.54) is 0 Å². The van der Waals surface area contributed by atoms with Gasteiger partial charge in [-0.3, -0.25) is 4.90 Å². The van der Waals surface area contributed by atoms with Gasteiger partial charge in [-0.25, -0.2) is 8.42 Å². The molecule has 0 amide bonds. The maximum absolute atomic E-state index is 14.7. The van der Waals surface area contributed by atoms with Gasteiger partial charge in [0.2, 0.25) is 9.84 Å². The number of hydrogen-bond donors (Lipinski definition) is 1. The highest BCUT2D eigenvalue weighted by Gasteiger charge is 2.39. The van der Waals surface area contributed by atoms with E-state index in [4.69, 9.17) is 28.4 Å². The summed E-state index contributed by atoms with van der Waals surface area (Å²) in [5.74, 6) is 1.02. The minimum absolute atomic E-state index is 0.0452. The summed E-state index contributed by atoms with van der Waals surface area (Å²) in [4.78, 5) is 4.93.